The number of hydrogen-bond donors (Lipinski definition) is 2. The zero-order chi connectivity index (χ0) is 12.8. The Bertz CT molecular complexity index is 275. The van der Waals surface area contributed by atoms with Gasteiger partial charge < -0.3 is 15.5 Å². The second kappa shape index (κ2) is 6.59. The summed E-state index contributed by atoms with van der Waals surface area (Å²) in [7, 11) is 1.68. The number of amides is 2. The molecule has 0 aromatic carbocycles. The third-order valence-electron chi connectivity index (χ3n) is 2.84. The molecule has 17 heavy (non-hydrogen) atoms. The molecule has 0 saturated carbocycles. The van der Waals surface area contributed by atoms with E-state index in [9.17, 15) is 9.59 Å². The molecular formula is C12H23N3O2. The van der Waals surface area contributed by atoms with Crippen molar-refractivity contribution in [2.24, 2.45) is 11.8 Å². The fourth-order valence-corrected chi connectivity index (χ4v) is 1.57. The zero-order valence-electron chi connectivity index (χ0n) is 11.0. The maximum atomic E-state index is 11.7. The topological polar surface area (TPSA) is 61.4 Å². The van der Waals surface area contributed by atoms with Crippen molar-refractivity contribution in [3.8, 4) is 0 Å². The van der Waals surface area contributed by atoms with E-state index in [0.717, 1.165) is 13.1 Å². The van der Waals surface area contributed by atoms with Gasteiger partial charge in [-0.15, -0.1) is 0 Å². The first-order chi connectivity index (χ1) is 7.99. The highest BCUT2D eigenvalue weighted by Crippen LogP contribution is 2.09. The SMILES string of the molecule is CC(C)CNC(=O)CN(C)C(=O)CC1CNC1. The Kier molecular flexibility index (Phi) is 5.41. The molecule has 1 aliphatic rings. The van der Waals surface area contributed by atoms with Gasteiger partial charge in [0.15, 0.2) is 0 Å². The molecule has 0 aromatic heterocycles. The third kappa shape index (κ3) is 5.17. The molecule has 5 nitrogen and oxygen atoms in total. The van der Waals surface area contributed by atoms with Crippen molar-refractivity contribution >= 4 is 11.8 Å². The summed E-state index contributed by atoms with van der Waals surface area (Å²) >= 11 is 0. The first kappa shape index (κ1) is 14.0. The number of likely N-dealkylation sites (N-methyl/N-ethyl adjacent to an activating group) is 1. The average Bonchev–Trinajstić information content (AvgIpc) is 2.20. The number of carbonyl (C=O) groups excluding carboxylic acids is 2. The normalized spacial score (nSPS) is 15.5. The largest absolute Gasteiger partial charge is 0.354 e. The van der Waals surface area contributed by atoms with Crippen molar-refractivity contribution in [3.63, 3.8) is 0 Å². The molecule has 5 heteroatoms. The Hall–Kier alpha value is -1.10. The molecule has 1 aliphatic heterocycles. The van der Waals surface area contributed by atoms with Gasteiger partial charge in [-0.25, -0.2) is 0 Å². The van der Waals surface area contributed by atoms with Gasteiger partial charge in [-0.2, -0.15) is 0 Å². The van der Waals surface area contributed by atoms with Crippen molar-refractivity contribution in [2.75, 3.05) is 33.2 Å². The molecule has 2 amide bonds. The van der Waals surface area contributed by atoms with E-state index in [-0.39, 0.29) is 18.4 Å². The molecule has 0 atom stereocenters. The summed E-state index contributed by atoms with van der Waals surface area (Å²) in [5.74, 6) is 0.849. The van der Waals surface area contributed by atoms with Gasteiger partial charge in [0.05, 0.1) is 6.54 Å². The minimum Gasteiger partial charge on any atom is -0.354 e. The van der Waals surface area contributed by atoms with Crippen LogP contribution in [-0.2, 0) is 9.59 Å². The Balaban J connectivity index is 2.19. The number of carbonyl (C=O) groups is 2. The molecule has 98 valence electrons. The van der Waals surface area contributed by atoms with E-state index >= 15 is 0 Å². The monoisotopic (exact) mass is 241 g/mol. The Labute approximate surface area is 103 Å². The van der Waals surface area contributed by atoms with Gasteiger partial charge >= 0.3 is 0 Å². The highest BCUT2D eigenvalue weighted by molar-refractivity contribution is 5.84. The zero-order valence-corrected chi connectivity index (χ0v) is 11.0. The predicted molar refractivity (Wildman–Crippen MR) is 66.5 cm³/mol. The van der Waals surface area contributed by atoms with E-state index in [2.05, 4.69) is 10.6 Å². The quantitative estimate of drug-likeness (QED) is 0.678. The lowest BCUT2D eigenvalue weighted by atomic mass is 9.99. The van der Waals surface area contributed by atoms with Gasteiger partial charge in [0.2, 0.25) is 11.8 Å². The van der Waals surface area contributed by atoms with E-state index in [1.807, 2.05) is 13.8 Å². The predicted octanol–water partition coefficient (Wildman–Crippen LogP) is -0.173. The molecule has 2 N–H and O–H groups in total. The molecule has 1 heterocycles. The maximum absolute atomic E-state index is 11.7. The van der Waals surface area contributed by atoms with Crippen LogP contribution in [-0.4, -0.2) is 49.9 Å². The minimum absolute atomic E-state index is 0.0520. The van der Waals surface area contributed by atoms with Crippen LogP contribution < -0.4 is 10.6 Å². The van der Waals surface area contributed by atoms with Crippen LogP contribution in [0.5, 0.6) is 0 Å². The van der Waals surface area contributed by atoms with Crippen LogP contribution in [0.25, 0.3) is 0 Å². The maximum Gasteiger partial charge on any atom is 0.239 e. The molecular weight excluding hydrogens is 218 g/mol. The number of nitrogens with one attached hydrogen (secondary N) is 2. The van der Waals surface area contributed by atoms with Gasteiger partial charge in [0, 0.05) is 20.0 Å². The molecule has 0 bridgehead atoms. The summed E-state index contributed by atoms with van der Waals surface area (Å²) in [6.07, 6.45) is 0.543. The summed E-state index contributed by atoms with van der Waals surface area (Å²) in [6.45, 7) is 6.73. The Morgan fingerprint density at radius 1 is 1.41 bits per heavy atom. The fourth-order valence-electron chi connectivity index (χ4n) is 1.57. The van der Waals surface area contributed by atoms with Crippen molar-refractivity contribution in [3.05, 3.63) is 0 Å². The molecule has 0 spiro atoms. The van der Waals surface area contributed by atoms with Crippen LogP contribution >= 0.6 is 0 Å². The van der Waals surface area contributed by atoms with Crippen molar-refractivity contribution < 1.29 is 9.59 Å². The Morgan fingerprint density at radius 2 is 2.06 bits per heavy atom. The van der Waals surface area contributed by atoms with E-state index in [1.54, 1.807) is 7.05 Å². The van der Waals surface area contributed by atoms with Crippen LogP contribution in [0.2, 0.25) is 0 Å². The summed E-state index contributed by atoms with van der Waals surface area (Å²) in [4.78, 5) is 24.8. The molecule has 0 unspecified atom stereocenters. The van der Waals surface area contributed by atoms with Crippen molar-refractivity contribution in [1.82, 2.24) is 15.5 Å². The number of rotatable bonds is 6. The van der Waals surface area contributed by atoms with Crippen molar-refractivity contribution in [2.45, 2.75) is 20.3 Å². The summed E-state index contributed by atoms with van der Waals surface area (Å²) in [5, 5.41) is 5.93. The second-order valence-electron chi connectivity index (χ2n) is 5.18. The van der Waals surface area contributed by atoms with E-state index in [0.29, 0.717) is 24.8 Å². The molecule has 1 rings (SSSR count). The lowest BCUT2D eigenvalue weighted by Gasteiger charge is -2.28. The van der Waals surface area contributed by atoms with Crippen LogP contribution in [0.3, 0.4) is 0 Å². The van der Waals surface area contributed by atoms with E-state index in [1.165, 1.54) is 4.90 Å². The molecule has 1 fully saturated rings. The highest BCUT2D eigenvalue weighted by atomic mass is 16.2. The van der Waals surface area contributed by atoms with Gasteiger partial charge in [0.1, 0.15) is 0 Å². The van der Waals surface area contributed by atoms with E-state index < -0.39 is 0 Å². The number of hydrogen-bond acceptors (Lipinski definition) is 3. The molecule has 0 aromatic rings. The van der Waals surface area contributed by atoms with Crippen LogP contribution in [0.4, 0.5) is 0 Å². The standard InChI is InChI=1S/C12H23N3O2/c1-9(2)5-14-11(16)8-15(3)12(17)4-10-6-13-7-10/h9-10,13H,4-8H2,1-3H3,(H,14,16). The van der Waals surface area contributed by atoms with Gasteiger partial charge in [-0.05, 0) is 24.9 Å². The highest BCUT2D eigenvalue weighted by Gasteiger charge is 2.22. The lowest BCUT2D eigenvalue weighted by Crippen LogP contribution is -2.46. The molecule has 1 saturated heterocycles. The first-order valence-electron chi connectivity index (χ1n) is 6.20. The molecule has 0 aliphatic carbocycles. The van der Waals surface area contributed by atoms with E-state index in [4.69, 9.17) is 0 Å². The molecule has 0 radical (unpaired) electrons. The van der Waals surface area contributed by atoms with Crippen LogP contribution in [0.1, 0.15) is 20.3 Å². The van der Waals surface area contributed by atoms with Gasteiger partial charge in [-0.3, -0.25) is 9.59 Å². The summed E-state index contributed by atoms with van der Waals surface area (Å²) in [6, 6.07) is 0. The number of nitrogens with zero attached hydrogens (tertiary/aromatic N) is 1. The first-order valence-corrected chi connectivity index (χ1v) is 6.20. The summed E-state index contributed by atoms with van der Waals surface area (Å²) < 4.78 is 0. The van der Waals surface area contributed by atoms with Gasteiger partial charge in [-0.1, -0.05) is 13.8 Å². The van der Waals surface area contributed by atoms with Gasteiger partial charge in [0.25, 0.3) is 0 Å². The Morgan fingerprint density at radius 3 is 2.53 bits per heavy atom. The minimum atomic E-state index is -0.0821. The smallest absolute Gasteiger partial charge is 0.239 e. The van der Waals surface area contributed by atoms with Crippen LogP contribution in [0.15, 0.2) is 0 Å². The van der Waals surface area contributed by atoms with Crippen molar-refractivity contribution in [1.29, 1.82) is 0 Å². The van der Waals surface area contributed by atoms with Crippen LogP contribution in [0, 0.1) is 11.8 Å². The lowest BCUT2D eigenvalue weighted by molar-refractivity contribution is -0.135. The fraction of sp³-hybridized carbons (Fsp3) is 0.833. The summed E-state index contributed by atoms with van der Waals surface area (Å²) in [5.41, 5.74) is 0. The average molecular weight is 241 g/mol. The third-order valence-corrected chi connectivity index (χ3v) is 2.84. The second-order valence-corrected chi connectivity index (χ2v) is 5.18.